The van der Waals surface area contributed by atoms with Gasteiger partial charge in [0.2, 0.25) is 0 Å². The molecule has 3 nitrogen and oxygen atoms in total. The van der Waals surface area contributed by atoms with E-state index >= 15 is 0 Å². The van der Waals surface area contributed by atoms with E-state index in [2.05, 4.69) is 23.3 Å². The smallest absolute Gasteiger partial charge is 0.275 e. The quantitative estimate of drug-likeness (QED) is 0.845. The highest BCUT2D eigenvalue weighted by Crippen LogP contribution is 2.19. The maximum atomic E-state index is 12.2. The molecule has 1 N–H and O–H groups in total. The second-order valence-electron chi connectivity index (χ2n) is 5.62. The van der Waals surface area contributed by atoms with Gasteiger partial charge in [0, 0.05) is 5.56 Å². The third-order valence-electron chi connectivity index (χ3n) is 3.81. The van der Waals surface area contributed by atoms with Crippen LogP contribution in [-0.2, 0) is 4.79 Å². The SMILES string of the molecule is Cc1ccc(/C=C2\N=C(c3ccccc3C)NC2=O)c(C)c1. The Balaban J connectivity index is 2.00. The molecule has 1 amide bonds. The van der Waals surface area contributed by atoms with Gasteiger partial charge in [-0.15, -0.1) is 0 Å². The molecule has 1 aliphatic heterocycles. The molecule has 1 heterocycles. The summed E-state index contributed by atoms with van der Waals surface area (Å²) in [5.74, 6) is 0.470. The van der Waals surface area contributed by atoms with Crippen molar-refractivity contribution >= 4 is 17.8 Å². The average molecular weight is 290 g/mol. The third kappa shape index (κ3) is 2.70. The Morgan fingerprint density at radius 2 is 1.77 bits per heavy atom. The van der Waals surface area contributed by atoms with E-state index in [-0.39, 0.29) is 5.91 Å². The Hall–Kier alpha value is -2.68. The molecule has 0 aromatic heterocycles. The lowest BCUT2D eigenvalue weighted by Crippen LogP contribution is -2.25. The first-order valence-electron chi connectivity index (χ1n) is 7.29. The number of carbonyl (C=O) groups is 1. The second kappa shape index (κ2) is 5.60. The summed E-state index contributed by atoms with van der Waals surface area (Å²) in [6, 6.07) is 14.1. The molecule has 2 aromatic carbocycles. The molecule has 0 bridgehead atoms. The van der Waals surface area contributed by atoms with Gasteiger partial charge in [-0.05, 0) is 43.5 Å². The summed E-state index contributed by atoms with van der Waals surface area (Å²) in [4.78, 5) is 16.6. The van der Waals surface area contributed by atoms with Crippen molar-refractivity contribution in [3.63, 3.8) is 0 Å². The van der Waals surface area contributed by atoms with E-state index in [1.54, 1.807) is 0 Å². The molecule has 0 unspecified atom stereocenters. The van der Waals surface area contributed by atoms with E-state index in [0.717, 1.165) is 22.3 Å². The molecule has 110 valence electrons. The van der Waals surface area contributed by atoms with Gasteiger partial charge in [0.05, 0.1) is 0 Å². The van der Waals surface area contributed by atoms with Crippen LogP contribution in [0.2, 0.25) is 0 Å². The number of carbonyl (C=O) groups excluding carboxylic acids is 1. The number of benzene rings is 2. The zero-order valence-corrected chi connectivity index (χ0v) is 13.0. The maximum Gasteiger partial charge on any atom is 0.275 e. The van der Waals surface area contributed by atoms with E-state index in [0.29, 0.717) is 11.5 Å². The Kier molecular flexibility index (Phi) is 3.63. The zero-order valence-electron chi connectivity index (χ0n) is 13.0. The summed E-state index contributed by atoms with van der Waals surface area (Å²) in [5, 5.41) is 2.85. The molecule has 0 aliphatic carbocycles. The fourth-order valence-corrected chi connectivity index (χ4v) is 2.57. The van der Waals surface area contributed by atoms with Crippen molar-refractivity contribution in [3.8, 4) is 0 Å². The third-order valence-corrected chi connectivity index (χ3v) is 3.81. The van der Waals surface area contributed by atoms with Crippen LogP contribution in [0.3, 0.4) is 0 Å². The number of nitrogens with one attached hydrogen (secondary N) is 1. The molecule has 0 radical (unpaired) electrons. The molecule has 2 aromatic rings. The monoisotopic (exact) mass is 290 g/mol. The van der Waals surface area contributed by atoms with Crippen molar-refractivity contribution < 1.29 is 4.79 Å². The number of amides is 1. The largest absolute Gasteiger partial charge is 0.305 e. The van der Waals surface area contributed by atoms with Crippen molar-refractivity contribution in [1.29, 1.82) is 0 Å². The molecular weight excluding hydrogens is 272 g/mol. The molecule has 0 atom stereocenters. The minimum Gasteiger partial charge on any atom is -0.305 e. The van der Waals surface area contributed by atoms with Crippen molar-refractivity contribution in [3.05, 3.63) is 76.0 Å². The summed E-state index contributed by atoms with van der Waals surface area (Å²) in [6.45, 7) is 6.11. The number of aliphatic imine (C=N–C) groups is 1. The van der Waals surface area contributed by atoms with Gasteiger partial charge in [-0.25, -0.2) is 4.99 Å². The summed E-state index contributed by atoms with van der Waals surface area (Å²) >= 11 is 0. The molecular formula is C19H18N2O. The average Bonchev–Trinajstić information content (AvgIpc) is 2.83. The standard InChI is InChI=1S/C19H18N2O/c1-12-8-9-15(14(3)10-12)11-17-19(22)21-18(20-17)16-7-5-4-6-13(16)2/h4-11H,1-3H3,(H,20,21,22)/b17-11-. The number of rotatable bonds is 2. The summed E-state index contributed by atoms with van der Waals surface area (Å²) in [6.07, 6.45) is 1.84. The number of nitrogens with zero attached hydrogens (tertiary/aromatic N) is 1. The van der Waals surface area contributed by atoms with Gasteiger partial charge in [-0.2, -0.15) is 0 Å². The minimum absolute atomic E-state index is 0.154. The van der Waals surface area contributed by atoms with Gasteiger partial charge >= 0.3 is 0 Å². The first-order chi connectivity index (χ1) is 10.5. The van der Waals surface area contributed by atoms with Gasteiger partial charge in [0.1, 0.15) is 11.5 Å². The summed E-state index contributed by atoms with van der Waals surface area (Å²) < 4.78 is 0. The molecule has 3 rings (SSSR count). The number of hydrogen-bond donors (Lipinski definition) is 1. The van der Waals surface area contributed by atoms with Gasteiger partial charge in [0.15, 0.2) is 0 Å². The molecule has 0 saturated heterocycles. The summed E-state index contributed by atoms with van der Waals surface area (Å²) in [7, 11) is 0. The van der Waals surface area contributed by atoms with E-state index < -0.39 is 0 Å². The topological polar surface area (TPSA) is 41.5 Å². The Morgan fingerprint density at radius 3 is 2.50 bits per heavy atom. The highest BCUT2D eigenvalue weighted by molar-refractivity contribution is 6.20. The molecule has 0 spiro atoms. The summed E-state index contributed by atoms with van der Waals surface area (Å²) in [5.41, 5.74) is 5.87. The Morgan fingerprint density at radius 1 is 1.00 bits per heavy atom. The van der Waals surface area contributed by atoms with Gasteiger partial charge in [-0.3, -0.25) is 4.79 Å². The normalized spacial score (nSPS) is 15.9. The number of hydrogen-bond acceptors (Lipinski definition) is 2. The lowest BCUT2D eigenvalue weighted by Gasteiger charge is -2.03. The van der Waals surface area contributed by atoms with Gasteiger partial charge in [0.25, 0.3) is 5.91 Å². The van der Waals surface area contributed by atoms with E-state index in [4.69, 9.17) is 0 Å². The number of amidine groups is 1. The van der Waals surface area contributed by atoms with Crippen LogP contribution in [0.15, 0.2) is 53.2 Å². The zero-order chi connectivity index (χ0) is 15.7. The second-order valence-corrected chi connectivity index (χ2v) is 5.62. The van der Waals surface area contributed by atoms with Crippen LogP contribution in [0.1, 0.15) is 27.8 Å². The Bertz CT molecular complexity index is 816. The highest BCUT2D eigenvalue weighted by Gasteiger charge is 2.22. The van der Waals surface area contributed by atoms with Crippen molar-refractivity contribution in [2.75, 3.05) is 0 Å². The van der Waals surface area contributed by atoms with Crippen LogP contribution in [0.25, 0.3) is 6.08 Å². The fourth-order valence-electron chi connectivity index (χ4n) is 2.57. The lowest BCUT2D eigenvalue weighted by atomic mass is 10.0. The van der Waals surface area contributed by atoms with E-state index in [9.17, 15) is 4.79 Å². The van der Waals surface area contributed by atoms with E-state index in [1.165, 1.54) is 5.56 Å². The molecule has 0 fully saturated rings. The highest BCUT2D eigenvalue weighted by atomic mass is 16.2. The van der Waals surface area contributed by atoms with Crippen LogP contribution >= 0.6 is 0 Å². The van der Waals surface area contributed by atoms with Crippen LogP contribution in [0.5, 0.6) is 0 Å². The van der Waals surface area contributed by atoms with Crippen molar-refractivity contribution in [2.24, 2.45) is 4.99 Å². The maximum absolute atomic E-state index is 12.2. The number of aryl methyl sites for hydroxylation is 3. The molecule has 0 saturated carbocycles. The van der Waals surface area contributed by atoms with Crippen LogP contribution < -0.4 is 5.32 Å². The Labute approximate surface area is 130 Å². The first kappa shape index (κ1) is 14.3. The predicted molar refractivity (Wildman–Crippen MR) is 89.8 cm³/mol. The first-order valence-corrected chi connectivity index (χ1v) is 7.29. The molecule has 22 heavy (non-hydrogen) atoms. The van der Waals surface area contributed by atoms with Crippen LogP contribution in [0.4, 0.5) is 0 Å². The molecule has 3 heteroatoms. The van der Waals surface area contributed by atoms with Crippen LogP contribution in [0, 0.1) is 20.8 Å². The van der Waals surface area contributed by atoms with Gasteiger partial charge < -0.3 is 5.32 Å². The van der Waals surface area contributed by atoms with Crippen molar-refractivity contribution in [1.82, 2.24) is 5.32 Å². The lowest BCUT2D eigenvalue weighted by molar-refractivity contribution is -0.115. The van der Waals surface area contributed by atoms with Crippen molar-refractivity contribution in [2.45, 2.75) is 20.8 Å². The minimum atomic E-state index is -0.154. The van der Waals surface area contributed by atoms with Gasteiger partial charge in [-0.1, -0.05) is 48.0 Å². The molecule has 1 aliphatic rings. The van der Waals surface area contributed by atoms with E-state index in [1.807, 2.05) is 56.3 Å². The predicted octanol–water partition coefficient (Wildman–Crippen LogP) is 3.53. The van der Waals surface area contributed by atoms with Crippen LogP contribution in [-0.4, -0.2) is 11.7 Å². The fraction of sp³-hybridized carbons (Fsp3) is 0.158.